The fourth-order valence-corrected chi connectivity index (χ4v) is 4.86. The molecule has 2 aromatic heterocycles. The van der Waals surface area contributed by atoms with E-state index in [4.69, 9.17) is 9.84 Å². The minimum Gasteiger partial charge on any atom is -0.493 e. The Labute approximate surface area is 204 Å². The van der Waals surface area contributed by atoms with Gasteiger partial charge in [-0.05, 0) is 55.0 Å². The van der Waals surface area contributed by atoms with Gasteiger partial charge in [0.1, 0.15) is 11.6 Å². The quantitative estimate of drug-likeness (QED) is 0.338. The summed E-state index contributed by atoms with van der Waals surface area (Å²) < 4.78 is 9.94. The van der Waals surface area contributed by atoms with E-state index in [2.05, 4.69) is 35.8 Å². The molecule has 0 spiro atoms. The van der Waals surface area contributed by atoms with Gasteiger partial charge >= 0.3 is 0 Å². The van der Waals surface area contributed by atoms with Crippen LogP contribution in [-0.2, 0) is 13.1 Å². The van der Waals surface area contributed by atoms with Crippen LogP contribution in [0.2, 0.25) is 0 Å². The summed E-state index contributed by atoms with van der Waals surface area (Å²) in [5.74, 6) is 1.55. The number of nitrogens with zero attached hydrogens (tertiary/aromatic N) is 4. The van der Waals surface area contributed by atoms with Crippen LogP contribution in [0.5, 0.6) is 5.75 Å². The Balaban J connectivity index is 1.42. The Bertz CT molecular complexity index is 1530. The average molecular weight is 463 g/mol. The summed E-state index contributed by atoms with van der Waals surface area (Å²) in [6, 6.07) is 24.2. The molecule has 0 saturated carbocycles. The molecule has 1 amide bonds. The van der Waals surface area contributed by atoms with Crippen molar-refractivity contribution in [2.75, 3.05) is 6.61 Å². The van der Waals surface area contributed by atoms with Crippen molar-refractivity contribution in [1.29, 1.82) is 0 Å². The van der Waals surface area contributed by atoms with Gasteiger partial charge in [0.2, 0.25) is 0 Å². The van der Waals surface area contributed by atoms with E-state index < -0.39 is 0 Å². The molecule has 0 aliphatic carbocycles. The lowest BCUT2D eigenvalue weighted by atomic mass is 10.0. The van der Waals surface area contributed by atoms with E-state index in [1.807, 2.05) is 77.4 Å². The van der Waals surface area contributed by atoms with Crippen molar-refractivity contribution in [2.45, 2.75) is 26.9 Å². The standard InChI is InChI=1S/C29H26N4O2/c1-3-35-26-15-12-21-8-4-5-9-23(21)27(26)29(34)32-18-24-25(19-32)30-33(22-13-10-20(2)11-14-22)28(24)31-16-6-7-17-31/h4-17H,3,18-19H2,1-2H3. The van der Waals surface area contributed by atoms with Crippen molar-refractivity contribution in [3.8, 4) is 17.3 Å². The van der Waals surface area contributed by atoms with Gasteiger partial charge in [-0.3, -0.25) is 4.79 Å². The van der Waals surface area contributed by atoms with Crippen LogP contribution in [0, 0.1) is 6.92 Å². The molecule has 6 nitrogen and oxygen atoms in total. The largest absolute Gasteiger partial charge is 0.493 e. The maximum absolute atomic E-state index is 13.9. The third kappa shape index (κ3) is 3.58. The SMILES string of the molecule is CCOc1ccc2ccccc2c1C(=O)N1Cc2nn(-c3ccc(C)cc3)c(-n3cccc3)c2C1. The minimum atomic E-state index is -0.0383. The number of rotatable bonds is 5. The minimum absolute atomic E-state index is 0.0383. The second kappa shape index (κ2) is 8.47. The van der Waals surface area contributed by atoms with Crippen molar-refractivity contribution in [2.24, 2.45) is 0 Å². The van der Waals surface area contributed by atoms with Gasteiger partial charge in [-0.1, -0.05) is 48.0 Å². The number of ether oxygens (including phenoxy) is 1. The first kappa shape index (κ1) is 21.2. The van der Waals surface area contributed by atoms with E-state index >= 15 is 0 Å². The van der Waals surface area contributed by atoms with E-state index in [0.717, 1.165) is 33.5 Å². The average Bonchev–Trinajstić information content (AvgIpc) is 3.61. The number of carbonyl (C=O) groups is 1. The molecule has 174 valence electrons. The van der Waals surface area contributed by atoms with Crippen LogP contribution in [0.25, 0.3) is 22.3 Å². The van der Waals surface area contributed by atoms with Crippen LogP contribution in [0.4, 0.5) is 0 Å². The van der Waals surface area contributed by atoms with Crippen molar-refractivity contribution in [1.82, 2.24) is 19.2 Å². The van der Waals surface area contributed by atoms with E-state index in [0.29, 0.717) is 31.0 Å². The molecule has 6 rings (SSSR count). The summed E-state index contributed by atoms with van der Waals surface area (Å²) >= 11 is 0. The van der Waals surface area contributed by atoms with Gasteiger partial charge in [-0.2, -0.15) is 5.10 Å². The molecule has 1 aliphatic heterocycles. The number of aryl methyl sites for hydroxylation is 1. The predicted molar refractivity (Wildman–Crippen MR) is 136 cm³/mol. The number of carbonyl (C=O) groups excluding carboxylic acids is 1. The third-order valence-corrected chi connectivity index (χ3v) is 6.55. The topological polar surface area (TPSA) is 52.3 Å². The Kier molecular flexibility index (Phi) is 5.14. The highest BCUT2D eigenvalue weighted by molar-refractivity contribution is 6.09. The molecule has 5 aromatic rings. The molecule has 3 heterocycles. The molecule has 0 fully saturated rings. The number of benzene rings is 3. The van der Waals surface area contributed by atoms with Crippen molar-refractivity contribution >= 4 is 16.7 Å². The molecular weight excluding hydrogens is 436 g/mol. The van der Waals surface area contributed by atoms with E-state index in [1.165, 1.54) is 5.56 Å². The van der Waals surface area contributed by atoms with Crippen LogP contribution in [0.15, 0.2) is 85.2 Å². The lowest BCUT2D eigenvalue weighted by Gasteiger charge is -2.20. The highest BCUT2D eigenvalue weighted by Crippen LogP contribution is 2.35. The lowest BCUT2D eigenvalue weighted by molar-refractivity contribution is 0.0747. The highest BCUT2D eigenvalue weighted by atomic mass is 16.5. The van der Waals surface area contributed by atoms with Crippen molar-refractivity contribution in [3.63, 3.8) is 0 Å². The lowest BCUT2D eigenvalue weighted by Crippen LogP contribution is -2.27. The Hall–Kier alpha value is -4.32. The normalized spacial score (nSPS) is 12.8. The van der Waals surface area contributed by atoms with Gasteiger partial charge in [0.25, 0.3) is 5.91 Å². The van der Waals surface area contributed by atoms with Crippen LogP contribution in [-0.4, -0.2) is 31.8 Å². The summed E-state index contributed by atoms with van der Waals surface area (Å²) in [4.78, 5) is 15.8. The number of amides is 1. The number of fused-ring (bicyclic) bond motifs is 2. The number of hydrogen-bond acceptors (Lipinski definition) is 3. The maximum Gasteiger partial charge on any atom is 0.258 e. The first-order valence-corrected chi connectivity index (χ1v) is 11.9. The molecular formula is C29H26N4O2. The van der Waals surface area contributed by atoms with Crippen LogP contribution >= 0.6 is 0 Å². The van der Waals surface area contributed by atoms with Gasteiger partial charge in [-0.25, -0.2) is 4.68 Å². The second-order valence-corrected chi connectivity index (χ2v) is 8.84. The van der Waals surface area contributed by atoms with Gasteiger partial charge in [0, 0.05) is 18.0 Å². The fraction of sp³-hybridized carbons (Fsp3) is 0.172. The zero-order valence-electron chi connectivity index (χ0n) is 19.8. The summed E-state index contributed by atoms with van der Waals surface area (Å²) in [5, 5.41) is 6.89. The number of aromatic nitrogens is 3. The zero-order chi connectivity index (χ0) is 23.9. The fourth-order valence-electron chi connectivity index (χ4n) is 4.86. The summed E-state index contributed by atoms with van der Waals surface area (Å²) in [5.41, 5.74) is 4.80. The molecule has 0 atom stereocenters. The Morgan fingerprint density at radius 1 is 0.943 bits per heavy atom. The smallest absolute Gasteiger partial charge is 0.258 e. The zero-order valence-corrected chi connectivity index (χ0v) is 19.8. The van der Waals surface area contributed by atoms with Crippen molar-refractivity contribution < 1.29 is 9.53 Å². The predicted octanol–water partition coefficient (Wildman–Crippen LogP) is 5.68. The van der Waals surface area contributed by atoms with Crippen LogP contribution in [0.1, 0.15) is 34.1 Å². The molecule has 3 aromatic carbocycles. The molecule has 0 bridgehead atoms. The van der Waals surface area contributed by atoms with Gasteiger partial charge in [0.05, 0.1) is 36.6 Å². The van der Waals surface area contributed by atoms with Crippen LogP contribution < -0.4 is 4.74 Å². The maximum atomic E-state index is 13.9. The molecule has 0 saturated heterocycles. The summed E-state index contributed by atoms with van der Waals surface area (Å²) in [6.45, 7) is 5.46. The summed E-state index contributed by atoms with van der Waals surface area (Å²) in [6.07, 6.45) is 4.04. The third-order valence-electron chi connectivity index (χ3n) is 6.55. The second-order valence-electron chi connectivity index (χ2n) is 8.84. The molecule has 1 aliphatic rings. The van der Waals surface area contributed by atoms with Crippen LogP contribution in [0.3, 0.4) is 0 Å². The van der Waals surface area contributed by atoms with Crippen molar-refractivity contribution in [3.05, 3.63) is 108 Å². The van der Waals surface area contributed by atoms with Gasteiger partial charge in [0.15, 0.2) is 0 Å². The molecule has 35 heavy (non-hydrogen) atoms. The monoisotopic (exact) mass is 462 g/mol. The Morgan fingerprint density at radius 3 is 2.49 bits per heavy atom. The molecule has 0 N–H and O–H groups in total. The Morgan fingerprint density at radius 2 is 1.71 bits per heavy atom. The highest BCUT2D eigenvalue weighted by Gasteiger charge is 2.33. The van der Waals surface area contributed by atoms with E-state index in [-0.39, 0.29) is 5.91 Å². The van der Waals surface area contributed by atoms with Gasteiger partial charge in [-0.15, -0.1) is 0 Å². The summed E-state index contributed by atoms with van der Waals surface area (Å²) in [7, 11) is 0. The first-order chi connectivity index (χ1) is 17.1. The first-order valence-electron chi connectivity index (χ1n) is 11.9. The molecule has 6 heteroatoms. The van der Waals surface area contributed by atoms with E-state index in [9.17, 15) is 4.79 Å². The molecule has 0 unspecified atom stereocenters. The van der Waals surface area contributed by atoms with Gasteiger partial charge < -0.3 is 14.2 Å². The molecule has 0 radical (unpaired) electrons. The van der Waals surface area contributed by atoms with E-state index in [1.54, 1.807) is 0 Å². The number of hydrogen-bond donors (Lipinski definition) is 0.